The van der Waals surface area contributed by atoms with Crippen LogP contribution in [0.2, 0.25) is 0 Å². The van der Waals surface area contributed by atoms with E-state index in [1.54, 1.807) is 0 Å². The van der Waals surface area contributed by atoms with Crippen molar-refractivity contribution < 1.29 is 0 Å². The van der Waals surface area contributed by atoms with E-state index >= 15 is 0 Å². The zero-order valence-electron chi connectivity index (χ0n) is 9.91. The number of nitrogen functional groups attached to an aromatic ring is 1. The predicted octanol–water partition coefficient (Wildman–Crippen LogP) is 3.09. The monoisotopic (exact) mass is 215 g/mol. The molecular weight excluding hydrogens is 198 g/mol. The average molecular weight is 215 g/mol. The minimum Gasteiger partial charge on any atom is -0.395 e. The molecule has 0 radical (unpaired) electrons. The molecule has 0 spiro atoms. The van der Waals surface area contributed by atoms with Gasteiger partial charge in [0.25, 0.3) is 0 Å². The molecule has 84 valence electrons. The van der Waals surface area contributed by atoms with Gasteiger partial charge in [0, 0.05) is 5.56 Å². The standard InChI is InChI=1S/C13H17N3/c1-8(2)10-4-6-11(7-5-10)13-12(14)9(3)15-16-13/h4-8H,14H2,1-3H3,(H,15,16). The molecule has 0 fully saturated rings. The Balaban J connectivity index is 2.38. The predicted molar refractivity (Wildman–Crippen MR) is 67.3 cm³/mol. The number of H-pyrrole nitrogens is 1. The molecular formula is C13H17N3. The second kappa shape index (κ2) is 4.00. The molecule has 3 heteroatoms. The van der Waals surface area contributed by atoms with Gasteiger partial charge in [0.05, 0.1) is 11.4 Å². The van der Waals surface area contributed by atoms with E-state index in [2.05, 4.69) is 48.3 Å². The first-order chi connectivity index (χ1) is 7.59. The van der Waals surface area contributed by atoms with Crippen LogP contribution in [0.1, 0.15) is 31.0 Å². The van der Waals surface area contributed by atoms with Gasteiger partial charge >= 0.3 is 0 Å². The molecule has 0 bridgehead atoms. The number of benzene rings is 1. The van der Waals surface area contributed by atoms with Gasteiger partial charge in [-0.05, 0) is 18.4 Å². The van der Waals surface area contributed by atoms with Crippen LogP contribution < -0.4 is 5.73 Å². The van der Waals surface area contributed by atoms with Crippen molar-refractivity contribution in [3.8, 4) is 11.3 Å². The van der Waals surface area contributed by atoms with Crippen LogP contribution in [0.25, 0.3) is 11.3 Å². The molecule has 0 saturated heterocycles. The highest BCUT2D eigenvalue weighted by Crippen LogP contribution is 2.26. The van der Waals surface area contributed by atoms with Crippen LogP contribution in [-0.4, -0.2) is 10.2 Å². The molecule has 0 atom stereocenters. The van der Waals surface area contributed by atoms with Crippen molar-refractivity contribution in [3.63, 3.8) is 0 Å². The molecule has 16 heavy (non-hydrogen) atoms. The maximum Gasteiger partial charge on any atom is 0.115 e. The smallest absolute Gasteiger partial charge is 0.115 e. The number of aromatic amines is 1. The Bertz CT molecular complexity index is 480. The molecule has 1 heterocycles. The van der Waals surface area contributed by atoms with Crippen molar-refractivity contribution in [2.75, 3.05) is 5.73 Å². The maximum atomic E-state index is 5.94. The number of nitrogens with zero attached hydrogens (tertiary/aromatic N) is 1. The van der Waals surface area contributed by atoms with E-state index < -0.39 is 0 Å². The largest absolute Gasteiger partial charge is 0.395 e. The molecule has 0 aliphatic carbocycles. The second-order valence-electron chi connectivity index (χ2n) is 4.39. The molecule has 0 unspecified atom stereocenters. The summed E-state index contributed by atoms with van der Waals surface area (Å²) in [6, 6.07) is 8.40. The van der Waals surface area contributed by atoms with Gasteiger partial charge < -0.3 is 5.73 Å². The van der Waals surface area contributed by atoms with Crippen molar-refractivity contribution >= 4 is 5.69 Å². The first-order valence-electron chi connectivity index (χ1n) is 5.50. The van der Waals surface area contributed by atoms with Gasteiger partial charge in [-0.25, -0.2) is 0 Å². The summed E-state index contributed by atoms with van der Waals surface area (Å²) in [7, 11) is 0. The number of aromatic nitrogens is 2. The summed E-state index contributed by atoms with van der Waals surface area (Å²) >= 11 is 0. The van der Waals surface area contributed by atoms with Crippen LogP contribution in [0.5, 0.6) is 0 Å². The molecule has 0 saturated carbocycles. The molecule has 2 rings (SSSR count). The fraction of sp³-hybridized carbons (Fsp3) is 0.308. The van der Waals surface area contributed by atoms with Gasteiger partial charge in [-0.15, -0.1) is 0 Å². The second-order valence-corrected chi connectivity index (χ2v) is 4.39. The third-order valence-corrected chi connectivity index (χ3v) is 2.85. The fourth-order valence-corrected chi connectivity index (χ4v) is 1.68. The normalized spacial score (nSPS) is 11.0. The lowest BCUT2D eigenvalue weighted by atomic mass is 10.0. The summed E-state index contributed by atoms with van der Waals surface area (Å²) < 4.78 is 0. The summed E-state index contributed by atoms with van der Waals surface area (Å²) in [6.45, 7) is 6.29. The van der Waals surface area contributed by atoms with Crippen LogP contribution in [0.15, 0.2) is 24.3 Å². The number of hydrogen-bond acceptors (Lipinski definition) is 2. The average Bonchev–Trinajstić information content (AvgIpc) is 2.60. The minimum atomic E-state index is 0.548. The molecule has 1 aromatic heterocycles. The molecule has 2 aromatic rings. The maximum absolute atomic E-state index is 5.94. The highest BCUT2D eigenvalue weighted by atomic mass is 15.1. The zero-order valence-corrected chi connectivity index (χ0v) is 9.91. The Hall–Kier alpha value is -1.77. The molecule has 0 aliphatic heterocycles. The van der Waals surface area contributed by atoms with Crippen LogP contribution in [0, 0.1) is 6.92 Å². The number of nitrogens with two attached hydrogens (primary N) is 1. The van der Waals surface area contributed by atoms with E-state index in [1.807, 2.05) is 6.92 Å². The number of hydrogen-bond donors (Lipinski definition) is 2. The lowest BCUT2D eigenvalue weighted by Gasteiger charge is -2.05. The first kappa shape index (κ1) is 10.7. The van der Waals surface area contributed by atoms with Crippen LogP contribution >= 0.6 is 0 Å². The van der Waals surface area contributed by atoms with Gasteiger partial charge in [-0.1, -0.05) is 38.1 Å². The van der Waals surface area contributed by atoms with Crippen molar-refractivity contribution in [1.29, 1.82) is 0 Å². The van der Waals surface area contributed by atoms with Gasteiger partial charge in [0.15, 0.2) is 0 Å². The van der Waals surface area contributed by atoms with Crippen LogP contribution in [0.4, 0.5) is 5.69 Å². The van der Waals surface area contributed by atoms with E-state index in [-0.39, 0.29) is 0 Å². The zero-order chi connectivity index (χ0) is 11.7. The lowest BCUT2D eigenvalue weighted by Crippen LogP contribution is -1.90. The van der Waals surface area contributed by atoms with Crippen molar-refractivity contribution in [2.45, 2.75) is 26.7 Å². The lowest BCUT2D eigenvalue weighted by molar-refractivity contribution is 0.867. The Morgan fingerprint density at radius 1 is 1.19 bits per heavy atom. The van der Waals surface area contributed by atoms with Gasteiger partial charge in [0.2, 0.25) is 0 Å². The quantitative estimate of drug-likeness (QED) is 0.808. The number of aryl methyl sites for hydroxylation is 1. The topological polar surface area (TPSA) is 54.7 Å². The van der Waals surface area contributed by atoms with E-state index in [0.29, 0.717) is 5.92 Å². The molecule has 0 amide bonds. The Kier molecular flexibility index (Phi) is 2.69. The van der Waals surface area contributed by atoms with Gasteiger partial charge in [-0.3, -0.25) is 5.10 Å². The van der Waals surface area contributed by atoms with Crippen molar-refractivity contribution in [1.82, 2.24) is 10.2 Å². The first-order valence-corrected chi connectivity index (χ1v) is 5.50. The van der Waals surface area contributed by atoms with E-state index in [9.17, 15) is 0 Å². The van der Waals surface area contributed by atoms with E-state index in [4.69, 9.17) is 5.73 Å². The van der Waals surface area contributed by atoms with Gasteiger partial charge in [0.1, 0.15) is 5.69 Å². The highest BCUT2D eigenvalue weighted by Gasteiger charge is 2.09. The summed E-state index contributed by atoms with van der Waals surface area (Å²) in [6.07, 6.45) is 0. The number of nitrogens with one attached hydrogen (secondary N) is 1. The fourth-order valence-electron chi connectivity index (χ4n) is 1.68. The van der Waals surface area contributed by atoms with Crippen LogP contribution in [0.3, 0.4) is 0 Å². The molecule has 0 aliphatic rings. The summed E-state index contributed by atoms with van der Waals surface area (Å²) in [5, 5.41) is 7.11. The summed E-state index contributed by atoms with van der Waals surface area (Å²) in [4.78, 5) is 0. The van der Waals surface area contributed by atoms with Crippen molar-refractivity contribution in [3.05, 3.63) is 35.5 Å². The van der Waals surface area contributed by atoms with E-state index in [0.717, 1.165) is 22.6 Å². The Morgan fingerprint density at radius 3 is 2.25 bits per heavy atom. The van der Waals surface area contributed by atoms with Crippen molar-refractivity contribution in [2.24, 2.45) is 0 Å². The van der Waals surface area contributed by atoms with E-state index in [1.165, 1.54) is 5.56 Å². The third-order valence-electron chi connectivity index (χ3n) is 2.85. The summed E-state index contributed by atoms with van der Waals surface area (Å²) in [5.74, 6) is 0.548. The molecule has 1 aromatic carbocycles. The Morgan fingerprint density at radius 2 is 1.81 bits per heavy atom. The highest BCUT2D eigenvalue weighted by molar-refractivity contribution is 5.74. The Labute approximate surface area is 95.7 Å². The summed E-state index contributed by atoms with van der Waals surface area (Å²) in [5.41, 5.74) is 10.8. The molecule has 3 nitrogen and oxygen atoms in total. The van der Waals surface area contributed by atoms with Crippen LogP contribution in [-0.2, 0) is 0 Å². The third kappa shape index (κ3) is 1.81. The SMILES string of the molecule is Cc1[nH]nc(-c2ccc(C(C)C)cc2)c1N. The minimum absolute atomic E-state index is 0.548. The molecule has 3 N–H and O–H groups in total. The van der Waals surface area contributed by atoms with Gasteiger partial charge in [-0.2, -0.15) is 5.10 Å². The number of anilines is 1. The number of rotatable bonds is 2.